The summed E-state index contributed by atoms with van der Waals surface area (Å²) in [7, 11) is 0. The van der Waals surface area contributed by atoms with Crippen LogP contribution in [0, 0.1) is 17.8 Å². The lowest BCUT2D eigenvalue weighted by Gasteiger charge is -2.16. The van der Waals surface area contributed by atoms with Gasteiger partial charge in [-0.25, -0.2) is 9.59 Å². The molecule has 0 saturated heterocycles. The molecular formula is C11H18N2O3. The number of hydrogen-bond donors (Lipinski definition) is 3. The van der Waals surface area contributed by atoms with Crippen molar-refractivity contribution >= 4 is 12.0 Å². The molecule has 0 spiro atoms. The van der Waals surface area contributed by atoms with Gasteiger partial charge in [-0.15, -0.1) is 5.92 Å². The molecule has 0 bridgehead atoms. The number of aliphatic carboxylic acids is 1. The molecule has 0 rings (SSSR count). The number of carbonyl (C=O) groups is 2. The molecule has 5 nitrogen and oxygen atoms in total. The Bertz CT molecular complexity index is 302. The minimum atomic E-state index is -1.02. The first-order chi connectivity index (χ1) is 7.47. The Balaban J connectivity index is 4.11. The first kappa shape index (κ1) is 14.3. The van der Waals surface area contributed by atoms with Crippen LogP contribution in [0.5, 0.6) is 0 Å². The summed E-state index contributed by atoms with van der Waals surface area (Å²) in [5, 5.41) is 13.7. The van der Waals surface area contributed by atoms with Crippen molar-refractivity contribution in [2.45, 2.75) is 33.2 Å². The highest BCUT2D eigenvalue weighted by atomic mass is 16.4. The van der Waals surface area contributed by atoms with E-state index in [4.69, 9.17) is 5.11 Å². The van der Waals surface area contributed by atoms with Crippen LogP contribution >= 0.6 is 0 Å². The SMILES string of the molecule is CC#CCNC(=O)NC(CC(C)C)C(=O)O. The quantitative estimate of drug-likeness (QED) is 0.607. The summed E-state index contributed by atoms with van der Waals surface area (Å²) in [5.41, 5.74) is 0. The Morgan fingerprint density at radius 2 is 2.00 bits per heavy atom. The van der Waals surface area contributed by atoms with E-state index in [1.807, 2.05) is 13.8 Å². The molecule has 0 aliphatic heterocycles. The van der Waals surface area contributed by atoms with Gasteiger partial charge in [0.25, 0.3) is 0 Å². The van der Waals surface area contributed by atoms with Gasteiger partial charge in [0.1, 0.15) is 6.04 Å². The molecule has 16 heavy (non-hydrogen) atoms. The molecule has 0 fully saturated rings. The smallest absolute Gasteiger partial charge is 0.326 e. The van der Waals surface area contributed by atoms with Gasteiger partial charge in [-0.1, -0.05) is 19.8 Å². The van der Waals surface area contributed by atoms with Crippen molar-refractivity contribution in [3.8, 4) is 11.8 Å². The van der Waals surface area contributed by atoms with Crippen LogP contribution in [0.2, 0.25) is 0 Å². The predicted molar refractivity (Wildman–Crippen MR) is 60.9 cm³/mol. The number of nitrogens with one attached hydrogen (secondary N) is 2. The molecule has 0 heterocycles. The zero-order chi connectivity index (χ0) is 12.6. The summed E-state index contributed by atoms with van der Waals surface area (Å²) in [5.74, 6) is 4.46. The van der Waals surface area contributed by atoms with Crippen molar-refractivity contribution in [3.05, 3.63) is 0 Å². The number of urea groups is 1. The minimum absolute atomic E-state index is 0.205. The highest BCUT2D eigenvalue weighted by Gasteiger charge is 2.20. The van der Waals surface area contributed by atoms with Crippen LogP contribution < -0.4 is 10.6 Å². The van der Waals surface area contributed by atoms with Crippen LogP contribution in [0.25, 0.3) is 0 Å². The van der Waals surface area contributed by atoms with E-state index in [2.05, 4.69) is 22.5 Å². The molecule has 0 aliphatic carbocycles. The lowest BCUT2D eigenvalue weighted by molar-refractivity contribution is -0.139. The van der Waals surface area contributed by atoms with Crippen LogP contribution in [0.15, 0.2) is 0 Å². The summed E-state index contributed by atoms with van der Waals surface area (Å²) in [6.45, 7) is 5.69. The molecule has 5 heteroatoms. The molecular weight excluding hydrogens is 208 g/mol. The predicted octanol–water partition coefficient (Wildman–Crippen LogP) is 0.808. The molecule has 3 N–H and O–H groups in total. The van der Waals surface area contributed by atoms with E-state index in [0.29, 0.717) is 6.42 Å². The van der Waals surface area contributed by atoms with Crippen LogP contribution in [-0.2, 0) is 4.79 Å². The van der Waals surface area contributed by atoms with E-state index < -0.39 is 18.0 Å². The van der Waals surface area contributed by atoms with Gasteiger partial charge in [0, 0.05) is 0 Å². The number of carboxylic acid groups (broad SMARTS) is 1. The number of carbonyl (C=O) groups excluding carboxylic acids is 1. The fraction of sp³-hybridized carbons (Fsp3) is 0.636. The first-order valence-electron chi connectivity index (χ1n) is 5.14. The Morgan fingerprint density at radius 1 is 1.38 bits per heavy atom. The van der Waals surface area contributed by atoms with Crippen molar-refractivity contribution in [1.29, 1.82) is 0 Å². The van der Waals surface area contributed by atoms with Gasteiger partial charge in [0.2, 0.25) is 0 Å². The molecule has 0 aliphatic rings. The van der Waals surface area contributed by atoms with E-state index in [1.165, 1.54) is 0 Å². The molecule has 90 valence electrons. The number of rotatable bonds is 5. The zero-order valence-corrected chi connectivity index (χ0v) is 9.83. The average Bonchev–Trinajstić information content (AvgIpc) is 2.16. The van der Waals surface area contributed by atoms with E-state index in [9.17, 15) is 9.59 Å². The second-order valence-electron chi connectivity index (χ2n) is 3.77. The largest absolute Gasteiger partial charge is 0.480 e. The van der Waals surface area contributed by atoms with E-state index >= 15 is 0 Å². The summed E-state index contributed by atoms with van der Waals surface area (Å²) in [6.07, 6.45) is 0.405. The monoisotopic (exact) mass is 226 g/mol. The van der Waals surface area contributed by atoms with Crippen LogP contribution in [0.3, 0.4) is 0 Å². The maximum absolute atomic E-state index is 11.3. The van der Waals surface area contributed by atoms with Gasteiger partial charge in [-0.3, -0.25) is 0 Å². The third-order valence-corrected chi connectivity index (χ3v) is 1.82. The van der Waals surface area contributed by atoms with Gasteiger partial charge < -0.3 is 15.7 Å². The third kappa shape index (κ3) is 6.71. The molecule has 0 aromatic carbocycles. The topological polar surface area (TPSA) is 78.4 Å². The van der Waals surface area contributed by atoms with Crippen LogP contribution in [0.1, 0.15) is 27.2 Å². The van der Waals surface area contributed by atoms with Gasteiger partial charge in [0.05, 0.1) is 6.54 Å². The van der Waals surface area contributed by atoms with Gasteiger partial charge >= 0.3 is 12.0 Å². The van der Waals surface area contributed by atoms with E-state index in [0.717, 1.165) is 0 Å². The lowest BCUT2D eigenvalue weighted by atomic mass is 10.0. The summed E-state index contributed by atoms with van der Waals surface area (Å²) in [4.78, 5) is 22.1. The second-order valence-corrected chi connectivity index (χ2v) is 3.77. The third-order valence-electron chi connectivity index (χ3n) is 1.82. The van der Waals surface area contributed by atoms with Gasteiger partial charge in [0.15, 0.2) is 0 Å². The number of hydrogen-bond acceptors (Lipinski definition) is 2. The summed E-state index contributed by atoms with van der Waals surface area (Å²) in [6, 6.07) is -1.36. The van der Waals surface area contributed by atoms with Crippen molar-refractivity contribution in [2.24, 2.45) is 5.92 Å². The highest BCUT2D eigenvalue weighted by Crippen LogP contribution is 2.04. The van der Waals surface area contributed by atoms with Gasteiger partial charge in [-0.05, 0) is 19.3 Å². The minimum Gasteiger partial charge on any atom is -0.480 e. The Labute approximate surface area is 95.6 Å². The lowest BCUT2D eigenvalue weighted by Crippen LogP contribution is -2.46. The molecule has 0 aromatic heterocycles. The normalized spacial score (nSPS) is 11.2. The molecule has 1 unspecified atom stereocenters. The Hall–Kier alpha value is -1.70. The zero-order valence-electron chi connectivity index (χ0n) is 9.83. The van der Waals surface area contributed by atoms with Crippen LogP contribution in [-0.4, -0.2) is 29.7 Å². The van der Waals surface area contributed by atoms with Crippen molar-refractivity contribution in [1.82, 2.24) is 10.6 Å². The number of amides is 2. The van der Waals surface area contributed by atoms with E-state index in [-0.39, 0.29) is 12.5 Å². The first-order valence-corrected chi connectivity index (χ1v) is 5.14. The standard InChI is InChI=1S/C11H18N2O3/c1-4-5-6-12-11(16)13-9(10(14)15)7-8(2)3/h8-9H,6-7H2,1-3H3,(H,14,15)(H2,12,13,16). The Kier molecular flexibility index (Phi) is 6.77. The Morgan fingerprint density at radius 3 is 2.44 bits per heavy atom. The van der Waals surface area contributed by atoms with Crippen molar-refractivity contribution < 1.29 is 14.7 Å². The highest BCUT2D eigenvalue weighted by molar-refractivity contribution is 5.82. The molecule has 0 radical (unpaired) electrons. The second kappa shape index (κ2) is 7.57. The summed E-state index contributed by atoms with van der Waals surface area (Å²) < 4.78 is 0. The van der Waals surface area contributed by atoms with Crippen molar-refractivity contribution in [3.63, 3.8) is 0 Å². The fourth-order valence-corrected chi connectivity index (χ4v) is 1.12. The van der Waals surface area contributed by atoms with Crippen LogP contribution in [0.4, 0.5) is 4.79 Å². The fourth-order valence-electron chi connectivity index (χ4n) is 1.12. The molecule has 0 aromatic rings. The van der Waals surface area contributed by atoms with Gasteiger partial charge in [-0.2, -0.15) is 0 Å². The number of carboxylic acids is 1. The van der Waals surface area contributed by atoms with Crippen molar-refractivity contribution in [2.75, 3.05) is 6.54 Å². The maximum atomic E-state index is 11.3. The molecule has 2 amide bonds. The summed E-state index contributed by atoms with van der Waals surface area (Å²) >= 11 is 0. The molecule has 1 atom stereocenters. The average molecular weight is 226 g/mol. The maximum Gasteiger partial charge on any atom is 0.326 e. The molecule has 0 saturated carbocycles. The van der Waals surface area contributed by atoms with E-state index in [1.54, 1.807) is 6.92 Å².